The van der Waals surface area contributed by atoms with Gasteiger partial charge in [-0.25, -0.2) is 4.98 Å². The highest BCUT2D eigenvalue weighted by Gasteiger charge is 2.30. The smallest absolute Gasteiger partial charge is 0.368 e. The Morgan fingerprint density at radius 1 is 1.00 bits per heavy atom. The maximum Gasteiger partial charge on any atom is 0.417 e. The highest BCUT2D eigenvalue weighted by atomic mass is 19.4. The third kappa shape index (κ3) is 3.62. The molecule has 3 rings (SSSR count). The molecule has 0 aromatic carbocycles. The molecule has 3 aromatic rings. The Kier molecular flexibility index (Phi) is 3.91. The molecule has 2 N–H and O–H groups in total. The van der Waals surface area contributed by atoms with E-state index in [2.05, 4.69) is 36.2 Å². The summed E-state index contributed by atoms with van der Waals surface area (Å²) in [4.78, 5) is 3.72. The second-order valence-corrected chi connectivity index (χ2v) is 4.53. The maximum absolute atomic E-state index is 12.4. The van der Waals surface area contributed by atoms with Crippen LogP contribution in [0.15, 0.2) is 30.5 Å². The molecule has 0 spiro atoms. The zero-order chi connectivity index (χ0) is 16.3. The van der Waals surface area contributed by atoms with Crippen LogP contribution in [0.25, 0.3) is 5.65 Å². The molecule has 0 bridgehead atoms. The van der Waals surface area contributed by atoms with Gasteiger partial charge in [0, 0.05) is 19.3 Å². The number of nitrogens with one attached hydrogen (secondary N) is 2. The number of alkyl halides is 3. The van der Waals surface area contributed by atoms with Gasteiger partial charge in [-0.3, -0.25) is 0 Å². The van der Waals surface area contributed by atoms with E-state index in [1.165, 1.54) is 10.7 Å². The standard InChI is InChI=1S/C12H11F3N8/c13-12(14,15)8-1-2-9(18-7-8)16-5-6-17-10-3-4-11-19-21-22-23(11)20-10/h1-4,7H,5-6H2,(H,16,18)(H,17,20). The highest BCUT2D eigenvalue weighted by Crippen LogP contribution is 2.28. The number of nitrogens with zero attached hydrogens (tertiary/aromatic N) is 6. The molecule has 0 amide bonds. The van der Waals surface area contributed by atoms with Gasteiger partial charge in [0.2, 0.25) is 0 Å². The average molecular weight is 324 g/mol. The summed E-state index contributed by atoms with van der Waals surface area (Å²) in [6, 6.07) is 5.70. The quantitative estimate of drug-likeness (QED) is 0.686. The summed E-state index contributed by atoms with van der Waals surface area (Å²) in [6.45, 7) is 0.941. The summed E-state index contributed by atoms with van der Waals surface area (Å²) in [7, 11) is 0. The third-order valence-electron chi connectivity index (χ3n) is 2.90. The molecule has 0 atom stereocenters. The fourth-order valence-electron chi connectivity index (χ4n) is 1.79. The van der Waals surface area contributed by atoms with Crippen molar-refractivity contribution in [2.45, 2.75) is 6.18 Å². The van der Waals surface area contributed by atoms with Crippen LogP contribution in [-0.4, -0.2) is 43.3 Å². The van der Waals surface area contributed by atoms with E-state index in [0.717, 1.165) is 12.3 Å². The number of tetrazole rings is 1. The molecule has 120 valence electrons. The predicted molar refractivity (Wildman–Crippen MR) is 74.8 cm³/mol. The molecule has 0 aliphatic carbocycles. The van der Waals surface area contributed by atoms with Crippen molar-refractivity contribution in [3.05, 3.63) is 36.0 Å². The number of hydrogen-bond acceptors (Lipinski definition) is 7. The van der Waals surface area contributed by atoms with Crippen molar-refractivity contribution in [3.8, 4) is 0 Å². The highest BCUT2D eigenvalue weighted by molar-refractivity contribution is 5.42. The lowest BCUT2D eigenvalue weighted by Crippen LogP contribution is -2.16. The molecule has 23 heavy (non-hydrogen) atoms. The van der Waals surface area contributed by atoms with Crippen LogP contribution in [0.3, 0.4) is 0 Å². The van der Waals surface area contributed by atoms with Gasteiger partial charge in [-0.2, -0.15) is 13.2 Å². The van der Waals surface area contributed by atoms with Crippen molar-refractivity contribution in [3.63, 3.8) is 0 Å². The first-order chi connectivity index (χ1) is 11.0. The van der Waals surface area contributed by atoms with Gasteiger partial charge in [0.1, 0.15) is 11.6 Å². The first kappa shape index (κ1) is 14.9. The number of rotatable bonds is 5. The number of pyridine rings is 1. The normalized spacial score (nSPS) is 11.6. The van der Waals surface area contributed by atoms with Crippen LogP contribution in [-0.2, 0) is 6.18 Å². The zero-order valence-corrected chi connectivity index (χ0v) is 11.6. The van der Waals surface area contributed by atoms with Gasteiger partial charge in [0.05, 0.1) is 5.56 Å². The van der Waals surface area contributed by atoms with Gasteiger partial charge < -0.3 is 10.6 Å². The molecule has 0 radical (unpaired) electrons. The zero-order valence-electron chi connectivity index (χ0n) is 11.6. The van der Waals surface area contributed by atoms with Crippen molar-refractivity contribution in [2.24, 2.45) is 0 Å². The second-order valence-electron chi connectivity index (χ2n) is 4.53. The Hall–Kier alpha value is -2.98. The SMILES string of the molecule is FC(F)(F)c1ccc(NCCNc2ccc3nnnn3n2)nc1. The summed E-state index contributed by atoms with van der Waals surface area (Å²) in [5, 5.41) is 20.9. The molecular formula is C12H11F3N8. The topological polar surface area (TPSA) is 92.9 Å². The van der Waals surface area contributed by atoms with Crippen molar-refractivity contribution in [1.82, 2.24) is 30.2 Å². The van der Waals surface area contributed by atoms with Crippen LogP contribution in [0.5, 0.6) is 0 Å². The third-order valence-corrected chi connectivity index (χ3v) is 2.90. The van der Waals surface area contributed by atoms with Gasteiger partial charge >= 0.3 is 6.18 Å². The summed E-state index contributed by atoms with van der Waals surface area (Å²) in [6.07, 6.45) is -3.59. The Balaban J connectivity index is 1.49. The summed E-state index contributed by atoms with van der Waals surface area (Å²) in [5.74, 6) is 0.940. The molecule has 0 saturated heterocycles. The number of aromatic nitrogens is 6. The number of fused-ring (bicyclic) bond motifs is 1. The van der Waals surface area contributed by atoms with Gasteiger partial charge in [-0.1, -0.05) is 0 Å². The number of halogens is 3. The van der Waals surface area contributed by atoms with E-state index < -0.39 is 11.7 Å². The number of anilines is 2. The first-order valence-electron chi connectivity index (χ1n) is 6.59. The Morgan fingerprint density at radius 3 is 2.43 bits per heavy atom. The Bertz CT molecular complexity index is 783. The molecule has 3 heterocycles. The van der Waals surface area contributed by atoms with Gasteiger partial charge in [-0.05, 0) is 34.7 Å². The molecule has 0 saturated carbocycles. The average Bonchev–Trinajstić information content (AvgIpc) is 2.99. The van der Waals surface area contributed by atoms with Crippen LogP contribution in [0.2, 0.25) is 0 Å². The molecule has 0 unspecified atom stereocenters. The lowest BCUT2D eigenvalue weighted by Gasteiger charge is -2.09. The largest absolute Gasteiger partial charge is 0.417 e. The lowest BCUT2D eigenvalue weighted by atomic mass is 10.3. The molecule has 8 nitrogen and oxygen atoms in total. The summed E-state index contributed by atoms with van der Waals surface area (Å²) in [5.41, 5.74) is -0.247. The minimum atomic E-state index is -4.38. The van der Waals surface area contributed by atoms with Crippen LogP contribution >= 0.6 is 0 Å². The van der Waals surface area contributed by atoms with E-state index in [0.29, 0.717) is 30.4 Å². The minimum absolute atomic E-state index is 0.365. The molecular weight excluding hydrogens is 313 g/mol. The molecule has 3 aromatic heterocycles. The van der Waals surface area contributed by atoms with E-state index >= 15 is 0 Å². The van der Waals surface area contributed by atoms with E-state index in [9.17, 15) is 13.2 Å². The Labute approximate surface area is 127 Å². The van der Waals surface area contributed by atoms with E-state index in [1.807, 2.05) is 0 Å². The fourth-order valence-corrected chi connectivity index (χ4v) is 1.79. The molecule has 11 heteroatoms. The lowest BCUT2D eigenvalue weighted by molar-refractivity contribution is -0.137. The first-order valence-corrected chi connectivity index (χ1v) is 6.59. The van der Waals surface area contributed by atoms with E-state index in [4.69, 9.17) is 0 Å². The number of hydrogen-bond donors (Lipinski definition) is 2. The van der Waals surface area contributed by atoms with Crippen molar-refractivity contribution in [2.75, 3.05) is 23.7 Å². The van der Waals surface area contributed by atoms with Crippen LogP contribution < -0.4 is 10.6 Å². The maximum atomic E-state index is 12.4. The van der Waals surface area contributed by atoms with Crippen LogP contribution in [0.4, 0.5) is 24.8 Å². The van der Waals surface area contributed by atoms with E-state index in [1.54, 1.807) is 12.1 Å². The summed E-state index contributed by atoms with van der Waals surface area (Å²) < 4.78 is 38.5. The molecule has 0 aliphatic rings. The Morgan fingerprint density at radius 2 is 1.74 bits per heavy atom. The van der Waals surface area contributed by atoms with Gasteiger partial charge in [0.15, 0.2) is 5.65 Å². The van der Waals surface area contributed by atoms with Crippen molar-refractivity contribution in [1.29, 1.82) is 0 Å². The molecule has 0 fully saturated rings. The van der Waals surface area contributed by atoms with Gasteiger partial charge in [0.25, 0.3) is 0 Å². The minimum Gasteiger partial charge on any atom is -0.368 e. The van der Waals surface area contributed by atoms with Crippen molar-refractivity contribution >= 4 is 17.3 Å². The summed E-state index contributed by atoms with van der Waals surface area (Å²) >= 11 is 0. The van der Waals surface area contributed by atoms with Gasteiger partial charge in [-0.15, -0.1) is 14.8 Å². The van der Waals surface area contributed by atoms with E-state index in [-0.39, 0.29) is 0 Å². The molecule has 0 aliphatic heterocycles. The van der Waals surface area contributed by atoms with Crippen LogP contribution in [0.1, 0.15) is 5.56 Å². The predicted octanol–water partition coefficient (Wildman–Crippen LogP) is 1.46. The monoisotopic (exact) mass is 324 g/mol. The van der Waals surface area contributed by atoms with Crippen LogP contribution in [0, 0.1) is 0 Å². The van der Waals surface area contributed by atoms with Crippen molar-refractivity contribution < 1.29 is 13.2 Å². The second kappa shape index (κ2) is 6.02. The fraction of sp³-hybridized carbons (Fsp3) is 0.250.